The highest BCUT2D eigenvalue weighted by Crippen LogP contribution is 2.20. The average molecular weight is 320 g/mol. The maximum absolute atomic E-state index is 10.6. The normalized spacial score (nSPS) is 13.0. The minimum atomic E-state index is -0.375. The predicted octanol–water partition coefficient (Wildman–Crippen LogP) is 5.53. The molecule has 0 saturated carbocycles. The Hall–Kier alpha value is -0.860. The van der Waals surface area contributed by atoms with E-state index in [1.807, 2.05) is 0 Å². The summed E-state index contributed by atoms with van der Waals surface area (Å²) in [4.78, 5) is 2.45. The standard InChI is InChI=1S/C21H37NO/c1-5-7-9-15-22(16-10-8-6-2)17-21(23)20-13-11-19(12-14-20)18(3)4/h11-14,18,21,23H,5-10,15-17H2,1-4H3. The summed E-state index contributed by atoms with van der Waals surface area (Å²) in [5.74, 6) is 0.542. The van der Waals surface area contributed by atoms with Crippen LogP contribution in [0.3, 0.4) is 0 Å². The molecule has 0 aromatic heterocycles. The van der Waals surface area contributed by atoms with E-state index in [1.165, 1.54) is 44.1 Å². The van der Waals surface area contributed by atoms with Gasteiger partial charge in [-0.25, -0.2) is 0 Å². The van der Waals surface area contributed by atoms with Crippen LogP contribution in [0.15, 0.2) is 24.3 Å². The van der Waals surface area contributed by atoms with E-state index in [9.17, 15) is 5.11 Å². The van der Waals surface area contributed by atoms with Crippen molar-refractivity contribution in [3.63, 3.8) is 0 Å². The van der Waals surface area contributed by atoms with Crippen LogP contribution in [-0.4, -0.2) is 29.6 Å². The fourth-order valence-corrected chi connectivity index (χ4v) is 2.92. The first-order chi connectivity index (χ1) is 11.1. The molecule has 1 N–H and O–H groups in total. The van der Waals surface area contributed by atoms with Crippen LogP contribution in [0, 0.1) is 0 Å². The van der Waals surface area contributed by atoms with Crippen molar-refractivity contribution in [1.82, 2.24) is 4.90 Å². The number of nitrogens with zero attached hydrogens (tertiary/aromatic N) is 1. The van der Waals surface area contributed by atoms with Crippen molar-refractivity contribution in [1.29, 1.82) is 0 Å². The third-order valence-electron chi connectivity index (χ3n) is 4.57. The molecule has 0 heterocycles. The van der Waals surface area contributed by atoms with Crippen LogP contribution in [-0.2, 0) is 0 Å². The minimum absolute atomic E-state index is 0.375. The molecule has 23 heavy (non-hydrogen) atoms. The second-order valence-corrected chi connectivity index (χ2v) is 7.05. The highest BCUT2D eigenvalue weighted by atomic mass is 16.3. The summed E-state index contributed by atoms with van der Waals surface area (Å²) in [5.41, 5.74) is 2.38. The topological polar surface area (TPSA) is 23.5 Å². The fourth-order valence-electron chi connectivity index (χ4n) is 2.92. The van der Waals surface area contributed by atoms with Crippen molar-refractivity contribution >= 4 is 0 Å². The zero-order valence-corrected chi connectivity index (χ0v) is 15.7. The van der Waals surface area contributed by atoms with E-state index in [4.69, 9.17) is 0 Å². The van der Waals surface area contributed by atoms with E-state index >= 15 is 0 Å². The monoisotopic (exact) mass is 319 g/mol. The number of hydrogen-bond donors (Lipinski definition) is 1. The Morgan fingerprint density at radius 2 is 1.30 bits per heavy atom. The maximum Gasteiger partial charge on any atom is 0.0916 e. The van der Waals surface area contributed by atoms with Crippen LogP contribution < -0.4 is 0 Å². The van der Waals surface area contributed by atoms with E-state index in [-0.39, 0.29) is 6.10 Å². The highest BCUT2D eigenvalue weighted by Gasteiger charge is 2.13. The molecule has 2 nitrogen and oxygen atoms in total. The Labute approximate surface area is 143 Å². The predicted molar refractivity (Wildman–Crippen MR) is 101 cm³/mol. The first kappa shape index (κ1) is 20.2. The van der Waals surface area contributed by atoms with Gasteiger partial charge in [-0.05, 0) is 43.0 Å². The smallest absolute Gasteiger partial charge is 0.0916 e. The van der Waals surface area contributed by atoms with Gasteiger partial charge in [0, 0.05) is 6.54 Å². The number of aliphatic hydroxyl groups is 1. The Morgan fingerprint density at radius 1 is 0.826 bits per heavy atom. The zero-order valence-electron chi connectivity index (χ0n) is 15.7. The molecule has 2 heteroatoms. The maximum atomic E-state index is 10.6. The van der Waals surface area contributed by atoms with Crippen LogP contribution in [0.2, 0.25) is 0 Å². The fraction of sp³-hybridized carbons (Fsp3) is 0.714. The minimum Gasteiger partial charge on any atom is -0.387 e. The highest BCUT2D eigenvalue weighted by molar-refractivity contribution is 5.26. The van der Waals surface area contributed by atoms with Crippen molar-refractivity contribution in [3.8, 4) is 0 Å². The van der Waals surface area contributed by atoms with Crippen LogP contribution in [0.1, 0.15) is 89.4 Å². The number of hydrogen-bond acceptors (Lipinski definition) is 2. The molecule has 1 aromatic rings. The van der Waals surface area contributed by atoms with Crippen molar-refractivity contribution in [2.75, 3.05) is 19.6 Å². The Kier molecular flexibility index (Phi) is 10.2. The quantitative estimate of drug-likeness (QED) is 0.512. The summed E-state index contributed by atoms with van der Waals surface area (Å²) >= 11 is 0. The molecule has 0 bridgehead atoms. The summed E-state index contributed by atoms with van der Waals surface area (Å²) in [6.07, 6.45) is 7.17. The van der Waals surface area contributed by atoms with E-state index in [2.05, 4.69) is 56.9 Å². The van der Waals surface area contributed by atoms with Crippen molar-refractivity contribution in [2.45, 2.75) is 78.2 Å². The molecule has 132 valence electrons. The second kappa shape index (κ2) is 11.6. The van der Waals surface area contributed by atoms with Gasteiger partial charge in [0.1, 0.15) is 0 Å². The Balaban J connectivity index is 2.56. The molecule has 0 aliphatic rings. The van der Waals surface area contributed by atoms with Crippen LogP contribution in [0.4, 0.5) is 0 Å². The van der Waals surface area contributed by atoms with E-state index < -0.39 is 0 Å². The van der Waals surface area contributed by atoms with E-state index in [1.54, 1.807) is 0 Å². The molecule has 0 aliphatic heterocycles. The van der Waals surface area contributed by atoms with Gasteiger partial charge in [-0.15, -0.1) is 0 Å². The third-order valence-corrected chi connectivity index (χ3v) is 4.57. The molecule has 0 fully saturated rings. The summed E-state index contributed by atoms with van der Waals surface area (Å²) in [7, 11) is 0. The van der Waals surface area contributed by atoms with Gasteiger partial charge in [0.25, 0.3) is 0 Å². The SMILES string of the molecule is CCCCCN(CCCCC)CC(O)c1ccc(C(C)C)cc1. The van der Waals surface area contributed by atoms with Gasteiger partial charge in [-0.2, -0.15) is 0 Å². The third kappa shape index (κ3) is 7.99. The molecule has 0 saturated heterocycles. The van der Waals surface area contributed by atoms with Crippen molar-refractivity contribution in [2.24, 2.45) is 0 Å². The number of unbranched alkanes of at least 4 members (excludes halogenated alkanes) is 4. The van der Waals surface area contributed by atoms with Crippen molar-refractivity contribution in [3.05, 3.63) is 35.4 Å². The Morgan fingerprint density at radius 3 is 1.74 bits per heavy atom. The van der Waals surface area contributed by atoms with Gasteiger partial charge in [-0.1, -0.05) is 77.6 Å². The lowest BCUT2D eigenvalue weighted by Crippen LogP contribution is -2.30. The van der Waals surface area contributed by atoms with Gasteiger partial charge in [0.05, 0.1) is 6.10 Å². The molecule has 0 spiro atoms. The van der Waals surface area contributed by atoms with Gasteiger partial charge in [-0.3, -0.25) is 0 Å². The van der Waals surface area contributed by atoms with E-state index in [0.717, 1.165) is 25.2 Å². The molecule has 1 atom stereocenters. The van der Waals surface area contributed by atoms with Crippen LogP contribution in [0.5, 0.6) is 0 Å². The van der Waals surface area contributed by atoms with E-state index in [0.29, 0.717) is 5.92 Å². The molecule has 0 aliphatic carbocycles. The lowest BCUT2D eigenvalue weighted by molar-refractivity contribution is 0.110. The van der Waals surface area contributed by atoms with Gasteiger partial charge >= 0.3 is 0 Å². The largest absolute Gasteiger partial charge is 0.387 e. The first-order valence-electron chi connectivity index (χ1n) is 9.58. The number of benzene rings is 1. The lowest BCUT2D eigenvalue weighted by Gasteiger charge is -2.25. The van der Waals surface area contributed by atoms with Gasteiger partial charge in [0.2, 0.25) is 0 Å². The molecule has 1 aromatic carbocycles. The summed E-state index contributed by atoms with van der Waals surface area (Å²) in [6, 6.07) is 8.50. The van der Waals surface area contributed by atoms with Gasteiger partial charge < -0.3 is 10.0 Å². The van der Waals surface area contributed by atoms with Crippen LogP contribution in [0.25, 0.3) is 0 Å². The summed E-state index contributed by atoms with van der Waals surface area (Å²) in [5, 5.41) is 10.6. The zero-order chi connectivity index (χ0) is 17.1. The van der Waals surface area contributed by atoms with Crippen molar-refractivity contribution < 1.29 is 5.11 Å². The molecule has 1 rings (SSSR count). The first-order valence-corrected chi connectivity index (χ1v) is 9.58. The number of aliphatic hydroxyl groups excluding tert-OH is 1. The molecule has 1 unspecified atom stereocenters. The average Bonchev–Trinajstić information content (AvgIpc) is 2.55. The van der Waals surface area contributed by atoms with Gasteiger partial charge in [0.15, 0.2) is 0 Å². The summed E-state index contributed by atoms with van der Waals surface area (Å²) < 4.78 is 0. The molecular formula is C21H37NO. The molecule has 0 amide bonds. The Bertz CT molecular complexity index is 389. The second-order valence-electron chi connectivity index (χ2n) is 7.05. The molecule has 0 radical (unpaired) electrons. The molecular weight excluding hydrogens is 282 g/mol. The van der Waals surface area contributed by atoms with Crippen LogP contribution >= 0.6 is 0 Å². The lowest BCUT2D eigenvalue weighted by atomic mass is 10.00. The summed E-state index contributed by atoms with van der Waals surface area (Å²) in [6.45, 7) is 11.9. The number of rotatable bonds is 12.